The molecule has 0 aromatic heterocycles. The van der Waals surface area contributed by atoms with Crippen LogP contribution in [0, 0.1) is 0 Å². The first-order valence-corrected chi connectivity index (χ1v) is 10.1. The summed E-state index contributed by atoms with van der Waals surface area (Å²) in [5.74, 6) is 1.06. The predicted octanol–water partition coefficient (Wildman–Crippen LogP) is 5.82. The van der Waals surface area contributed by atoms with Gasteiger partial charge in [-0.2, -0.15) is 0 Å². The van der Waals surface area contributed by atoms with E-state index in [1.54, 1.807) is 0 Å². The van der Waals surface area contributed by atoms with Crippen molar-refractivity contribution >= 4 is 6.08 Å². The quantitative estimate of drug-likeness (QED) is 0.520. The summed E-state index contributed by atoms with van der Waals surface area (Å²) in [6.45, 7) is 6.00. The van der Waals surface area contributed by atoms with Crippen LogP contribution in [-0.2, 0) is 13.0 Å². The van der Waals surface area contributed by atoms with Crippen LogP contribution in [0.5, 0.6) is 5.75 Å². The molecule has 1 aliphatic rings. The Morgan fingerprint density at radius 3 is 2.50 bits per heavy atom. The number of hydrogen-bond donors (Lipinski definition) is 0. The predicted molar refractivity (Wildman–Crippen MR) is 118 cm³/mol. The van der Waals surface area contributed by atoms with Gasteiger partial charge in [-0.25, -0.2) is 0 Å². The first-order chi connectivity index (χ1) is 13.8. The van der Waals surface area contributed by atoms with Crippen LogP contribution in [0.1, 0.15) is 23.6 Å². The minimum absolute atomic E-state index is 0.822. The van der Waals surface area contributed by atoms with E-state index in [9.17, 15) is 0 Å². The average Bonchev–Trinajstić information content (AvgIpc) is 3.22. The smallest absolute Gasteiger partial charge is 0.122 e. The van der Waals surface area contributed by atoms with E-state index in [4.69, 9.17) is 4.74 Å². The van der Waals surface area contributed by atoms with Crippen molar-refractivity contribution in [3.05, 3.63) is 95.6 Å². The number of likely N-dealkylation sites (N-methyl/N-ethyl adjacent to an activating group) is 1. The molecule has 28 heavy (non-hydrogen) atoms. The van der Waals surface area contributed by atoms with Crippen LogP contribution in [-0.4, -0.2) is 24.6 Å². The fourth-order valence-corrected chi connectivity index (χ4v) is 3.66. The van der Waals surface area contributed by atoms with E-state index in [1.165, 1.54) is 27.8 Å². The van der Waals surface area contributed by atoms with E-state index in [0.29, 0.717) is 0 Å². The van der Waals surface area contributed by atoms with Gasteiger partial charge in [-0.05, 0) is 40.4 Å². The van der Waals surface area contributed by atoms with Gasteiger partial charge in [0.1, 0.15) is 5.75 Å². The van der Waals surface area contributed by atoms with Gasteiger partial charge in [-0.15, -0.1) is 0 Å². The third kappa shape index (κ3) is 4.52. The molecule has 4 rings (SSSR count). The molecule has 0 bridgehead atoms. The summed E-state index contributed by atoms with van der Waals surface area (Å²) in [6, 6.07) is 25.9. The second-order valence-electron chi connectivity index (χ2n) is 7.26. The molecule has 0 fully saturated rings. The monoisotopic (exact) mass is 369 g/mol. The van der Waals surface area contributed by atoms with Crippen molar-refractivity contribution in [1.82, 2.24) is 4.90 Å². The molecule has 0 radical (unpaired) electrons. The van der Waals surface area contributed by atoms with Crippen LogP contribution in [0.4, 0.5) is 0 Å². The Labute approximate surface area is 168 Å². The molecule has 3 aromatic rings. The van der Waals surface area contributed by atoms with Crippen molar-refractivity contribution in [2.75, 3.05) is 19.7 Å². The minimum Gasteiger partial charge on any atom is -0.493 e. The maximum atomic E-state index is 5.61. The first kappa shape index (κ1) is 18.5. The SMILES string of the molecule is CCN(C/C=C/c1ccc(-c2ccccc2)cc1)Cc1ccc2c(c1)CCO2. The zero-order valence-electron chi connectivity index (χ0n) is 16.5. The molecule has 2 nitrogen and oxygen atoms in total. The van der Waals surface area contributed by atoms with Crippen molar-refractivity contribution < 1.29 is 4.74 Å². The zero-order chi connectivity index (χ0) is 19.2. The summed E-state index contributed by atoms with van der Waals surface area (Å²) in [4.78, 5) is 2.45. The average molecular weight is 370 g/mol. The van der Waals surface area contributed by atoms with Crippen LogP contribution < -0.4 is 4.74 Å². The van der Waals surface area contributed by atoms with Crippen molar-refractivity contribution in [1.29, 1.82) is 0 Å². The highest BCUT2D eigenvalue weighted by Gasteiger charge is 2.12. The van der Waals surface area contributed by atoms with Crippen LogP contribution in [0.15, 0.2) is 78.9 Å². The molecule has 0 aliphatic carbocycles. The molecule has 0 saturated heterocycles. The lowest BCUT2D eigenvalue weighted by Gasteiger charge is -2.19. The van der Waals surface area contributed by atoms with Gasteiger partial charge in [0.2, 0.25) is 0 Å². The van der Waals surface area contributed by atoms with Gasteiger partial charge < -0.3 is 4.74 Å². The normalized spacial score (nSPS) is 13.1. The minimum atomic E-state index is 0.822. The van der Waals surface area contributed by atoms with Gasteiger partial charge in [0.25, 0.3) is 0 Å². The van der Waals surface area contributed by atoms with E-state index in [0.717, 1.165) is 38.4 Å². The second-order valence-corrected chi connectivity index (χ2v) is 7.26. The molecular formula is C26H27NO. The van der Waals surface area contributed by atoms with Gasteiger partial charge in [-0.3, -0.25) is 4.90 Å². The molecule has 1 aliphatic heterocycles. The van der Waals surface area contributed by atoms with E-state index >= 15 is 0 Å². The lowest BCUT2D eigenvalue weighted by molar-refractivity contribution is 0.311. The summed E-state index contributed by atoms with van der Waals surface area (Å²) in [7, 11) is 0. The van der Waals surface area contributed by atoms with Gasteiger partial charge in [0.15, 0.2) is 0 Å². The van der Waals surface area contributed by atoms with E-state index < -0.39 is 0 Å². The van der Waals surface area contributed by atoms with Crippen LogP contribution >= 0.6 is 0 Å². The highest BCUT2D eigenvalue weighted by molar-refractivity contribution is 5.65. The summed E-state index contributed by atoms with van der Waals surface area (Å²) in [5, 5.41) is 0. The summed E-state index contributed by atoms with van der Waals surface area (Å²) >= 11 is 0. The largest absolute Gasteiger partial charge is 0.493 e. The van der Waals surface area contributed by atoms with Crippen molar-refractivity contribution in [3.8, 4) is 16.9 Å². The molecule has 2 heteroatoms. The summed E-state index contributed by atoms with van der Waals surface area (Å²) in [6.07, 6.45) is 5.51. The van der Waals surface area contributed by atoms with E-state index in [1.807, 2.05) is 0 Å². The Balaban J connectivity index is 1.35. The molecule has 0 atom stereocenters. The second kappa shape index (κ2) is 8.90. The van der Waals surface area contributed by atoms with Crippen LogP contribution in [0.25, 0.3) is 17.2 Å². The number of benzene rings is 3. The molecule has 3 aromatic carbocycles. The molecule has 142 valence electrons. The molecular weight excluding hydrogens is 342 g/mol. The Kier molecular flexibility index (Phi) is 5.89. The molecule has 0 amide bonds. The number of rotatable bonds is 7. The van der Waals surface area contributed by atoms with E-state index in [-0.39, 0.29) is 0 Å². The molecule has 0 N–H and O–H groups in total. The Bertz CT molecular complexity index is 928. The van der Waals surface area contributed by atoms with Crippen LogP contribution in [0.2, 0.25) is 0 Å². The first-order valence-electron chi connectivity index (χ1n) is 10.1. The molecule has 0 spiro atoms. The Hall–Kier alpha value is -2.84. The Morgan fingerprint density at radius 1 is 0.929 bits per heavy atom. The lowest BCUT2D eigenvalue weighted by atomic mass is 10.0. The highest BCUT2D eigenvalue weighted by Crippen LogP contribution is 2.26. The van der Waals surface area contributed by atoms with E-state index in [2.05, 4.69) is 96.8 Å². The number of ether oxygens (including phenoxy) is 1. The van der Waals surface area contributed by atoms with Gasteiger partial charge in [-0.1, -0.05) is 85.8 Å². The molecule has 0 saturated carbocycles. The fraction of sp³-hybridized carbons (Fsp3) is 0.231. The van der Waals surface area contributed by atoms with Crippen molar-refractivity contribution in [2.45, 2.75) is 19.9 Å². The third-order valence-electron chi connectivity index (χ3n) is 5.30. The van der Waals surface area contributed by atoms with Crippen molar-refractivity contribution in [2.24, 2.45) is 0 Å². The molecule has 0 unspecified atom stereocenters. The van der Waals surface area contributed by atoms with Gasteiger partial charge in [0, 0.05) is 19.5 Å². The molecule has 1 heterocycles. The summed E-state index contributed by atoms with van der Waals surface area (Å²) in [5.41, 5.74) is 6.48. The van der Waals surface area contributed by atoms with Gasteiger partial charge >= 0.3 is 0 Å². The standard InChI is InChI=1S/C26H27NO/c1-2-27(20-22-12-15-26-25(19-22)16-18-28-26)17-6-7-21-10-13-24(14-11-21)23-8-4-3-5-9-23/h3-15,19H,2,16-18,20H2,1H3/b7-6+. The highest BCUT2D eigenvalue weighted by atomic mass is 16.5. The topological polar surface area (TPSA) is 12.5 Å². The third-order valence-corrected chi connectivity index (χ3v) is 5.30. The number of hydrogen-bond acceptors (Lipinski definition) is 2. The fourth-order valence-electron chi connectivity index (χ4n) is 3.66. The number of nitrogens with zero attached hydrogens (tertiary/aromatic N) is 1. The summed E-state index contributed by atoms with van der Waals surface area (Å²) < 4.78 is 5.61. The number of fused-ring (bicyclic) bond motifs is 1. The van der Waals surface area contributed by atoms with Crippen LogP contribution in [0.3, 0.4) is 0 Å². The maximum absolute atomic E-state index is 5.61. The zero-order valence-corrected chi connectivity index (χ0v) is 16.5. The lowest BCUT2D eigenvalue weighted by Crippen LogP contribution is -2.22. The van der Waals surface area contributed by atoms with Crippen molar-refractivity contribution in [3.63, 3.8) is 0 Å². The maximum Gasteiger partial charge on any atom is 0.122 e. The van der Waals surface area contributed by atoms with Gasteiger partial charge in [0.05, 0.1) is 6.61 Å². The Morgan fingerprint density at radius 2 is 1.71 bits per heavy atom.